The lowest BCUT2D eigenvalue weighted by molar-refractivity contribution is 0.214. The maximum Gasteiger partial charge on any atom is 0.126 e. The van der Waals surface area contributed by atoms with Crippen molar-refractivity contribution < 1.29 is 19.0 Å². The topological polar surface area (TPSA) is 38.7 Å². The smallest absolute Gasteiger partial charge is 0.126 e. The van der Waals surface area contributed by atoms with Crippen LogP contribution in [0, 0.1) is 0 Å². The molecule has 1 atom stereocenters. The highest BCUT2D eigenvalue weighted by atomic mass is 19.1. The molecule has 1 N–H and O–H groups in total. The van der Waals surface area contributed by atoms with E-state index in [9.17, 15) is 9.50 Å². The summed E-state index contributed by atoms with van der Waals surface area (Å²) in [6.07, 6.45) is -1.14. The molecule has 18 heavy (non-hydrogen) atoms. The first-order valence-electron chi connectivity index (χ1n) is 5.88. The summed E-state index contributed by atoms with van der Waals surface area (Å²) in [5.74, 6) is 1.04. The molecule has 1 aromatic rings. The Balaban J connectivity index is 3.44. The molecule has 0 saturated heterocycles. The van der Waals surface area contributed by atoms with Crippen molar-refractivity contribution in [2.45, 2.75) is 32.4 Å². The van der Waals surface area contributed by atoms with E-state index in [1.54, 1.807) is 12.1 Å². The minimum absolute atomic E-state index is 0.0307. The first-order valence-corrected chi connectivity index (χ1v) is 5.88. The quantitative estimate of drug-likeness (QED) is 0.880. The second-order valence-corrected chi connectivity index (χ2v) is 4.95. The largest absolute Gasteiger partial charge is 0.496 e. The minimum atomic E-state index is -1.14. The molecule has 0 aliphatic rings. The Hall–Kier alpha value is -1.29. The molecular weight excluding hydrogens is 235 g/mol. The fraction of sp³-hybridized carbons (Fsp3) is 0.571. The van der Waals surface area contributed by atoms with Crippen LogP contribution in [0.5, 0.6) is 11.5 Å². The van der Waals surface area contributed by atoms with Crippen LogP contribution in [-0.4, -0.2) is 25.9 Å². The van der Waals surface area contributed by atoms with Crippen LogP contribution in [-0.2, 0) is 5.41 Å². The molecule has 0 spiro atoms. The first kappa shape index (κ1) is 14.8. The second kappa shape index (κ2) is 5.57. The Labute approximate surface area is 108 Å². The van der Waals surface area contributed by atoms with Crippen LogP contribution in [0.4, 0.5) is 4.39 Å². The Bertz CT molecular complexity index is 414. The van der Waals surface area contributed by atoms with Crippen molar-refractivity contribution in [1.29, 1.82) is 0 Å². The number of ether oxygens (including phenoxy) is 2. The van der Waals surface area contributed by atoms with Gasteiger partial charge < -0.3 is 14.6 Å². The minimum Gasteiger partial charge on any atom is -0.496 e. The monoisotopic (exact) mass is 256 g/mol. The van der Waals surface area contributed by atoms with Crippen molar-refractivity contribution in [3.63, 3.8) is 0 Å². The van der Waals surface area contributed by atoms with Gasteiger partial charge in [-0.15, -0.1) is 0 Å². The van der Waals surface area contributed by atoms with E-state index in [2.05, 4.69) is 0 Å². The van der Waals surface area contributed by atoms with Gasteiger partial charge in [0.2, 0.25) is 0 Å². The van der Waals surface area contributed by atoms with E-state index < -0.39 is 11.6 Å². The molecule has 1 aromatic carbocycles. The summed E-state index contributed by atoms with van der Waals surface area (Å²) < 4.78 is 24.0. The van der Waals surface area contributed by atoms with Crippen LogP contribution < -0.4 is 9.47 Å². The number of hydrogen-bond acceptors (Lipinski definition) is 3. The third-order valence-corrected chi connectivity index (χ3v) is 3.10. The van der Waals surface area contributed by atoms with E-state index >= 15 is 0 Å². The van der Waals surface area contributed by atoms with Gasteiger partial charge in [0.05, 0.1) is 20.8 Å². The van der Waals surface area contributed by atoms with Gasteiger partial charge in [-0.05, 0) is 19.1 Å². The fourth-order valence-corrected chi connectivity index (χ4v) is 1.85. The molecule has 0 fully saturated rings. The molecule has 102 valence electrons. The maximum absolute atomic E-state index is 13.5. The lowest BCUT2D eigenvalue weighted by atomic mass is 9.84. The number of aliphatic hydroxyl groups is 1. The van der Waals surface area contributed by atoms with Gasteiger partial charge in [0, 0.05) is 16.5 Å². The third-order valence-electron chi connectivity index (χ3n) is 3.10. The number of aliphatic hydroxyl groups excluding tert-OH is 1. The van der Waals surface area contributed by atoms with Gasteiger partial charge in [-0.2, -0.15) is 0 Å². The highest BCUT2D eigenvalue weighted by molar-refractivity contribution is 5.50. The zero-order valence-electron chi connectivity index (χ0n) is 11.6. The van der Waals surface area contributed by atoms with Crippen molar-refractivity contribution in [3.05, 3.63) is 23.3 Å². The molecule has 4 heteroatoms. The Morgan fingerprint density at radius 1 is 1.22 bits per heavy atom. The average molecular weight is 256 g/mol. The number of rotatable bonds is 5. The number of methoxy groups -OCH3 is 2. The summed E-state index contributed by atoms with van der Waals surface area (Å²) in [6.45, 7) is 5.21. The van der Waals surface area contributed by atoms with Gasteiger partial charge in [0.15, 0.2) is 0 Å². The molecule has 1 unspecified atom stereocenters. The van der Waals surface area contributed by atoms with Gasteiger partial charge in [-0.3, -0.25) is 0 Å². The van der Waals surface area contributed by atoms with Crippen LogP contribution in [0.1, 0.15) is 38.1 Å². The van der Waals surface area contributed by atoms with E-state index in [1.807, 2.05) is 13.8 Å². The lowest BCUT2D eigenvalue weighted by Gasteiger charge is -2.26. The van der Waals surface area contributed by atoms with Crippen molar-refractivity contribution in [3.8, 4) is 11.5 Å². The summed E-state index contributed by atoms with van der Waals surface area (Å²) in [4.78, 5) is 0. The molecule has 0 aliphatic heterocycles. The van der Waals surface area contributed by atoms with Crippen molar-refractivity contribution in [1.82, 2.24) is 0 Å². The van der Waals surface area contributed by atoms with Gasteiger partial charge in [0.1, 0.15) is 17.7 Å². The molecular formula is C14H21FO3. The van der Waals surface area contributed by atoms with E-state index in [0.717, 1.165) is 5.56 Å². The number of alkyl halides is 1. The van der Waals surface area contributed by atoms with Crippen molar-refractivity contribution >= 4 is 0 Å². The van der Waals surface area contributed by atoms with E-state index in [1.165, 1.54) is 21.1 Å². The Morgan fingerprint density at radius 3 is 2.17 bits per heavy atom. The molecule has 0 bridgehead atoms. The molecule has 0 aliphatic carbocycles. The summed E-state index contributed by atoms with van der Waals surface area (Å²) in [5.41, 5.74) is 0.775. The predicted molar refractivity (Wildman–Crippen MR) is 69.2 cm³/mol. The van der Waals surface area contributed by atoms with Crippen molar-refractivity contribution in [2.75, 3.05) is 20.8 Å². The molecule has 1 rings (SSSR count). The normalized spacial score (nSPS) is 13.3. The maximum atomic E-state index is 13.5. The average Bonchev–Trinajstić information content (AvgIpc) is 2.36. The second-order valence-electron chi connectivity index (χ2n) is 4.95. The zero-order valence-corrected chi connectivity index (χ0v) is 11.6. The van der Waals surface area contributed by atoms with Crippen LogP contribution in [0.15, 0.2) is 12.1 Å². The Morgan fingerprint density at radius 2 is 1.78 bits per heavy atom. The van der Waals surface area contributed by atoms with Crippen molar-refractivity contribution in [2.24, 2.45) is 0 Å². The molecule has 0 amide bonds. The van der Waals surface area contributed by atoms with Gasteiger partial charge >= 0.3 is 0 Å². The summed E-state index contributed by atoms with van der Waals surface area (Å²) in [7, 11) is 3.04. The van der Waals surface area contributed by atoms with E-state index in [-0.39, 0.29) is 6.61 Å². The SMILES string of the molecule is COc1cc(C(C)(C)CO)c(OC)cc1C(C)F. The van der Waals surface area contributed by atoms with Gasteiger partial charge in [0.25, 0.3) is 0 Å². The van der Waals surface area contributed by atoms with E-state index in [4.69, 9.17) is 9.47 Å². The standard InChI is InChI=1S/C14H21FO3/c1-9(15)10-6-13(18-5)11(7-12(10)17-4)14(2,3)8-16/h6-7,9,16H,8H2,1-5H3. The van der Waals surface area contributed by atoms with Crippen LogP contribution in [0.25, 0.3) is 0 Å². The molecule has 0 saturated carbocycles. The summed E-state index contributed by atoms with van der Waals surface area (Å²) >= 11 is 0. The number of halogens is 1. The fourth-order valence-electron chi connectivity index (χ4n) is 1.85. The van der Waals surface area contributed by atoms with Crippen LogP contribution in [0.2, 0.25) is 0 Å². The molecule has 0 heterocycles. The number of benzene rings is 1. The lowest BCUT2D eigenvalue weighted by Crippen LogP contribution is -2.23. The summed E-state index contributed by atoms with van der Waals surface area (Å²) in [5, 5.41) is 9.44. The third kappa shape index (κ3) is 2.75. The predicted octanol–water partition coefficient (Wildman–Crippen LogP) is 3.00. The number of hydrogen-bond donors (Lipinski definition) is 1. The molecule has 3 nitrogen and oxygen atoms in total. The summed E-state index contributed by atoms with van der Waals surface area (Å²) in [6, 6.07) is 3.37. The van der Waals surface area contributed by atoms with Crippen LogP contribution >= 0.6 is 0 Å². The van der Waals surface area contributed by atoms with Crippen LogP contribution in [0.3, 0.4) is 0 Å². The highest BCUT2D eigenvalue weighted by Gasteiger charge is 2.26. The molecule has 0 radical (unpaired) electrons. The van der Waals surface area contributed by atoms with E-state index in [0.29, 0.717) is 17.1 Å². The van der Waals surface area contributed by atoms with Gasteiger partial charge in [-0.1, -0.05) is 13.8 Å². The molecule has 0 aromatic heterocycles. The Kier molecular flexibility index (Phi) is 4.57. The zero-order chi connectivity index (χ0) is 13.9. The first-order chi connectivity index (χ1) is 8.37. The van der Waals surface area contributed by atoms with Gasteiger partial charge in [-0.25, -0.2) is 4.39 Å². The highest BCUT2D eigenvalue weighted by Crippen LogP contribution is 2.39.